The van der Waals surface area contributed by atoms with Crippen molar-refractivity contribution in [1.29, 1.82) is 0 Å². The molecule has 146 valence electrons. The van der Waals surface area contributed by atoms with Gasteiger partial charge in [-0.2, -0.15) is 0 Å². The zero-order valence-corrected chi connectivity index (χ0v) is 17.1. The fourth-order valence-corrected chi connectivity index (χ4v) is 5.45. The van der Waals surface area contributed by atoms with Gasteiger partial charge < -0.3 is 5.32 Å². The van der Waals surface area contributed by atoms with Crippen molar-refractivity contribution in [3.63, 3.8) is 0 Å². The molecule has 1 spiro atoms. The second kappa shape index (κ2) is 7.37. The van der Waals surface area contributed by atoms with Crippen LogP contribution in [0, 0.1) is 5.92 Å². The highest BCUT2D eigenvalue weighted by molar-refractivity contribution is 6.30. The lowest BCUT2D eigenvalue weighted by Gasteiger charge is -2.36. The van der Waals surface area contributed by atoms with E-state index < -0.39 is 0 Å². The van der Waals surface area contributed by atoms with E-state index in [2.05, 4.69) is 89.6 Å². The molecule has 2 nitrogen and oxygen atoms in total. The molecule has 3 heteroatoms. The van der Waals surface area contributed by atoms with Gasteiger partial charge in [0.2, 0.25) is 0 Å². The highest BCUT2D eigenvalue weighted by atomic mass is 35.5. The highest BCUT2D eigenvalue weighted by Gasteiger charge is 2.56. The summed E-state index contributed by atoms with van der Waals surface area (Å²) in [4.78, 5) is 2.58. The molecular weight excluding hydrogens is 376 g/mol. The first-order valence-corrected chi connectivity index (χ1v) is 10.6. The van der Waals surface area contributed by atoms with Crippen LogP contribution in [0.5, 0.6) is 0 Å². The maximum Gasteiger partial charge on any atom is 0.0629 e. The summed E-state index contributed by atoms with van der Waals surface area (Å²) >= 11 is 6.18. The van der Waals surface area contributed by atoms with Crippen molar-refractivity contribution >= 4 is 17.3 Å². The molecule has 29 heavy (non-hydrogen) atoms. The van der Waals surface area contributed by atoms with Gasteiger partial charge in [-0.05, 0) is 34.9 Å². The number of rotatable bonds is 4. The average molecular weight is 401 g/mol. The van der Waals surface area contributed by atoms with Crippen molar-refractivity contribution < 1.29 is 0 Å². The Morgan fingerprint density at radius 2 is 1.72 bits per heavy atom. The van der Waals surface area contributed by atoms with Crippen LogP contribution in [0.4, 0.5) is 5.69 Å². The van der Waals surface area contributed by atoms with E-state index >= 15 is 0 Å². The lowest BCUT2D eigenvalue weighted by atomic mass is 9.67. The number of likely N-dealkylation sites (tertiary alicyclic amines) is 1. The molecule has 1 fully saturated rings. The van der Waals surface area contributed by atoms with Gasteiger partial charge in [0, 0.05) is 41.7 Å². The molecule has 0 bridgehead atoms. The standard InChI is InChI=1S/C26H25ClN2/c1-2-21-17-29(16-19-8-4-3-5-9-19)18-26(21)23-10-6-7-11-24(23)28-25(26)20-12-14-22(27)15-13-20/h2-15,21,25,28H,1,16-18H2/t21-,25-,26+/m0/s1. The number of nitrogens with one attached hydrogen (secondary N) is 1. The van der Waals surface area contributed by atoms with Gasteiger partial charge in [-0.15, -0.1) is 6.58 Å². The van der Waals surface area contributed by atoms with Gasteiger partial charge >= 0.3 is 0 Å². The molecule has 2 aliphatic rings. The molecule has 3 atom stereocenters. The SMILES string of the molecule is C=C[C@H]1CN(Cc2ccccc2)C[C@]12c1ccccc1N[C@H]2c1ccc(Cl)cc1. The summed E-state index contributed by atoms with van der Waals surface area (Å²) in [5.41, 5.74) is 5.23. The molecule has 0 radical (unpaired) electrons. The Hall–Kier alpha value is -2.55. The summed E-state index contributed by atoms with van der Waals surface area (Å²) in [5.74, 6) is 0.364. The predicted molar refractivity (Wildman–Crippen MR) is 121 cm³/mol. The Kier molecular flexibility index (Phi) is 4.69. The number of hydrogen-bond acceptors (Lipinski definition) is 2. The average Bonchev–Trinajstić information content (AvgIpc) is 3.28. The molecule has 1 N–H and O–H groups in total. The zero-order chi connectivity index (χ0) is 19.8. The van der Waals surface area contributed by atoms with E-state index in [0.717, 1.165) is 24.7 Å². The van der Waals surface area contributed by atoms with E-state index in [1.54, 1.807) is 0 Å². The summed E-state index contributed by atoms with van der Waals surface area (Å²) < 4.78 is 0. The minimum absolute atomic E-state index is 0.0407. The third-order valence-corrected chi connectivity index (χ3v) is 6.83. The third-order valence-electron chi connectivity index (χ3n) is 6.58. The lowest BCUT2D eigenvalue weighted by Crippen LogP contribution is -2.39. The van der Waals surface area contributed by atoms with Crippen LogP contribution in [0.25, 0.3) is 0 Å². The maximum absolute atomic E-state index is 6.18. The van der Waals surface area contributed by atoms with Gasteiger partial charge in [0.1, 0.15) is 0 Å². The number of anilines is 1. The summed E-state index contributed by atoms with van der Waals surface area (Å²) in [7, 11) is 0. The van der Waals surface area contributed by atoms with Crippen molar-refractivity contribution in [2.45, 2.75) is 18.0 Å². The summed E-state index contributed by atoms with van der Waals surface area (Å²) in [5, 5.41) is 4.61. The van der Waals surface area contributed by atoms with Crippen molar-refractivity contribution in [2.24, 2.45) is 5.92 Å². The van der Waals surface area contributed by atoms with Crippen LogP contribution in [-0.4, -0.2) is 18.0 Å². The second-order valence-electron chi connectivity index (χ2n) is 8.21. The highest BCUT2D eigenvalue weighted by Crippen LogP contribution is 2.56. The minimum Gasteiger partial charge on any atom is -0.377 e. The van der Waals surface area contributed by atoms with Gasteiger partial charge in [-0.25, -0.2) is 0 Å². The smallest absolute Gasteiger partial charge is 0.0629 e. The number of hydrogen-bond donors (Lipinski definition) is 1. The topological polar surface area (TPSA) is 15.3 Å². The van der Waals surface area contributed by atoms with E-state index in [0.29, 0.717) is 5.92 Å². The van der Waals surface area contributed by atoms with Gasteiger partial charge in [0.05, 0.1) is 6.04 Å². The Labute approximate surface area is 177 Å². The Bertz CT molecular complexity index is 1010. The van der Waals surface area contributed by atoms with Gasteiger partial charge in [-0.1, -0.05) is 78.3 Å². The number of benzene rings is 3. The second-order valence-corrected chi connectivity index (χ2v) is 8.65. The first-order chi connectivity index (χ1) is 14.2. The van der Waals surface area contributed by atoms with E-state index in [9.17, 15) is 0 Å². The minimum atomic E-state index is -0.0407. The van der Waals surface area contributed by atoms with Gasteiger partial charge in [0.15, 0.2) is 0 Å². The fourth-order valence-electron chi connectivity index (χ4n) is 5.32. The molecule has 0 aliphatic carbocycles. The largest absolute Gasteiger partial charge is 0.377 e. The molecule has 0 unspecified atom stereocenters. The van der Waals surface area contributed by atoms with Crippen LogP contribution in [0.1, 0.15) is 22.7 Å². The summed E-state index contributed by atoms with van der Waals surface area (Å²) in [6, 6.07) is 28.0. The van der Waals surface area contributed by atoms with E-state index in [-0.39, 0.29) is 11.5 Å². The number of fused-ring (bicyclic) bond motifs is 2. The molecule has 0 saturated carbocycles. The van der Waals surface area contributed by atoms with Crippen molar-refractivity contribution in [3.05, 3.63) is 113 Å². The third kappa shape index (κ3) is 3.08. The first kappa shape index (κ1) is 18.5. The fraction of sp³-hybridized carbons (Fsp3) is 0.231. The van der Waals surface area contributed by atoms with Crippen LogP contribution in [0.3, 0.4) is 0 Å². The Balaban J connectivity index is 1.57. The molecule has 5 rings (SSSR count). The molecule has 2 heterocycles. The summed E-state index contributed by atoms with van der Waals surface area (Å²) in [6.45, 7) is 7.21. The van der Waals surface area contributed by atoms with E-state index in [4.69, 9.17) is 11.6 Å². The molecule has 2 aliphatic heterocycles. The van der Waals surface area contributed by atoms with E-state index in [1.807, 2.05) is 12.1 Å². The molecule has 0 amide bonds. The van der Waals surface area contributed by atoms with Gasteiger partial charge in [0.25, 0.3) is 0 Å². The van der Waals surface area contributed by atoms with Gasteiger partial charge in [-0.3, -0.25) is 4.90 Å². The molecule has 3 aromatic rings. The van der Waals surface area contributed by atoms with Crippen LogP contribution in [0.2, 0.25) is 5.02 Å². The molecule has 0 aromatic heterocycles. The zero-order valence-electron chi connectivity index (χ0n) is 16.4. The lowest BCUT2D eigenvalue weighted by molar-refractivity contribution is 0.292. The Morgan fingerprint density at radius 3 is 2.48 bits per heavy atom. The number of nitrogens with zero attached hydrogens (tertiary/aromatic N) is 1. The van der Waals surface area contributed by atoms with Crippen LogP contribution in [0.15, 0.2) is 91.5 Å². The quantitative estimate of drug-likeness (QED) is 0.535. The van der Waals surface area contributed by atoms with Crippen molar-refractivity contribution in [1.82, 2.24) is 4.90 Å². The van der Waals surface area contributed by atoms with Crippen LogP contribution in [-0.2, 0) is 12.0 Å². The molecular formula is C26H25ClN2. The first-order valence-electron chi connectivity index (χ1n) is 10.2. The number of para-hydroxylation sites is 1. The van der Waals surface area contributed by atoms with Crippen molar-refractivity contribution in [3.8, 4) is 0 Å². The van der Waals surface area contributed by atoms with Crippen molar-refractivity contribution in [2.75, 3.05) is 18.4 Å². The summed E-state index contributed by atoms with van der Waals surface area (Å²) in [6.07, 6.45) is 2.16. The Morgan fingerprint density at radius 1 is 1.00 bits per heavy atom. The normalized spacial score (nSPS) is 25.7. The molecule has 1 saturated heterocycles. The monoisotopic (exact) mass is 400 g/mol. The molecule has 3 aromatic carbocycles. The maximum atomic E-state index is 6.18. The number of halogens is 1. The van der Waals surface area contributed by atoms with Crippen LogP contribution < -0.4 is 5.32 Å². The predicted octanol–water partition coefficient (Wildman–Crippen LogP) is 6.06. The van der Waals surface area contributed by atoms with Crippen LogP contribution >= 0.6 is 11.6 Å². The van der Waals surface area contributed by atoms with E-state index in [1.165, 1.54) is 22.4 Å².